The maximum atomic E-state index is 12.2. The largest absolute Gasteiger partial charge is 0.378 e. The van der Waals surface area contributed by atoms with Crippen LogP contribution >= 0.6 is 23.1 Å². The smallest absolute Gasteiger partial charge is 0.293 e. The average molecular weight is 542 g/mol. The van der Waals surface area contributed by atoms with E-state index in [9.17, 15) is 14.9 Å². The molecule has 0 radical (unpaired) electrons. The molecule has 2 aromatic carbocycles. The molecule has 2 fully saturated rings. The number of carbonyl (C=O) groups excluding carboxylic acids is 1. The summed E-state index contributed by atoms with van der Waals surface area (Å²) in [5.41, 5.74) is 2.88. The fraction of sp³-hybridized carbons (Fsp3) is 0.400. The Bertz CT molecular complexity index is 1300. The standard InChI is InChI=1S/C25H27N5O5S2/c31-24(27-15-19-2-1-9-35-19)16-36-25-28-20-5-4-18(13-23(20)37-25)26-14-17-3-6-21(22(12-17)30(32)33)29-7-10-34-11-8-29/h3-6,12-14,19H,1-2,7-11,15-16H2,(H,27,31). The summed E-state index contributed by atoms with van der Waals surface area (Å²) in [6.45, 7) is 3.70. The van der Waals surface area contributed by atoms with Gasteiger partial charge in [-0.3, -0.25) is 19.9 Å². The third kappa shape index (κ3) is 6.63. The molecule has 10 nitrogen and oxygen atoms in total. The third-order valence-corrected chi connectivity index (χ3v) is 8.30. The monoisotopic (exact) mass is 541 g/mol. The summed E-state index contributed by atoms with van der Waals surface area (Å²) in [5.74, 6) is 0.273. The normalized spacial score (nSPS) is 18.1. The zero-order valence-corrected chi connectivity index (χ0v) is 21.8. The van der Waals surface area contributed by atoms with Crippen molar-refractivity contribution in [3.8, 4) is 0 Å². The van der Waals surface area contributed by atoms with Gasteiger partial charge in [0.15, 0.2) is 4.34 Å². The number of thiazole rings is 1. The molecule has 0 aliphatic carbocycles. The predicted molar refractivity (Wildman–Crippen MR) is 146 cm³/mol. The summed E-state index contributed by atoms with van der Waals surface area (Å²) in [4.78, 5) is 34.6. The highest BCUT2D eigenvalue weighted by Gasteiger charge is 2.21. The number of aliphatic imine (C=N–C) groups is 1. The lowest BCUT2D eigenvalue weighted by Gasteiger charge is -2.28. The summed E-state index contributed by atoms with van der Waals surface area (Å²) in [6, 6.07) is 10.9. The summed E-state index contributed by atoms with van der Waals surface area (Å²) >= 11 is 2.92. The highest BCUT2D eigenvalue weighted by molar-refractivity contribution is 8.01. The van der Waals surface area contributed by atoms with Crippen molar-refractivity contribution in [3.05, 3.63) is 52.1 Å². The number of fused-ring (bicyclic) bond motifs is 1. The van der Waals surface area contributed by atoms with Crippen LogP contribution in [-0.4, -0.2) is 73.3 Å². The first-order valence-electron chi connectivity index (χ1n) is 12.1. The first-order valence-corrected chi connectivity index (χ1v) is 13.9. The quantitative estimate of drug-likeness (QED) is 0.185. The van der Waals surface area contributed by atoms with E-state index in [2.05, 4.69) is 15.3 Å². The van der Waals surface area contributed by atoms with Crippen molar-refractivity contribution in [2.24, 2.45) is 4.99 Å². The molecule has 2 aliphatic heterocycles. The number of rotatable bonds is 9. The van der Waals surface area contributed by atoms with E-state index in [1.807, 2.05) is 29.2 Å². The number of morpholine rings is 1. The maximum Gasteiger partial charge on any atom is 0.293 e. The Hall–Kier alpha value is -3.06. The lowest BCUT2D eigenvalue weighted by atomic mass is 10.1. The zero-order valence-electron chi connectivity index (χ0n) is 20.1. The van der Waals surface area contributed by atoms with Crippen molar-refractivity contribution in [2.45, 2.75) is 23.3 Å². The van der Waals surface area contributed by atoms with Crippen molar-refractivity contribution in [1.29, 1.82) is 0 Å². The van der Waals surface area contributed by atoms with Crippen molar-refractivity contribution in [2.75, 3.05) is 50.1 Å². The number of thioether (sulfide) groups is 1. The number of nitrogens with zero attached hydrogens (tertiary/aromatic N) is 4. The van der Waals surface area contributed by atoms with Gasteiger partial charge in [-0.05, 0) is 42.7 Å². The van der Waals surface area contributed by atoms with Crippen LogP contribution in [0.2, 0.25) is 0 Å². The van der Waals surface area contributed by atoms with Crippen LogP contribution in [0.25, 0.3) is 10.2 Å². The summed E-state index contributed by atoms with van der Waals surface area (Å²) in [5, 5.41) is 14.6. The topological polar surface area (TPSA) is 119 Å². The Kier molecular flexibility index (Phi) is 8.29. The Labute approximate surface area is 222 Å². The van der Waals surface area contributed by atoms with Gasteiger partial charge in [-0.1, -0.05) is 17.8 Å². The number of benzene rings is 2. The molecule has 1 amide bonds. The average Bonchev–Trinajstić information content (AvgIpc) is 3.59. The van der Waals surface area contributed by atoms with Gasteiger partial charge in [-0.15, -0.1) is 11.3 Å². The number of aromatic nitrogens is 1. The number of nitro benzene ring substituents is 1. The molecule has 3 heterocycles. The first-order chi connectivity index (χ1) is 18.0. The van der Waals surface area contributed by atoms with Crippen LogP contribution in [0.15, 0.2) is 45.7 Å². The second-order valence-corrected chi connectivity index (χ2v) is 11.0. The Balaban J connectivity index is 1.22. The van der Waals surface area contributed by atoms with E-state index >= 15 is 0 Å². The molecule has 1 atom stereocenters. The van der Waals surface area contributed by atoms with Gasteiger partial charge in [0, 0.05) is 38.5 Å². The number of anilines is 1. The van der Waals surface area contributed by atoms with Gasteiger partial charge in [-0.25, -0.2) is 4.98 Å². The Morgan fingerprint density at radius 3 is 2.92 bits per heavy atom. The van der Waals surface area contributed by atoms with Crippen LogP contribution in [0.1, 0.15) is 18.4 Å². The highest BCUT2D eigenvalue weighted by atomic mass is 32.2. The molecule has 37 heavy (non-hydrogen) atoms. The molecule has 3 aromatic rings. The number of amides is 1. The fourth-order valence-corrected chi connectivity index (χ4v) is 6.16. The van der Waals surface area contributed by atoms with Crippen LogP contribution in [0.5, 0.6) is 0 Å². The van der Waals surface area contributed by atoms with Crippen LogP contribution in [0.4, 0.5) is 17.1 Å². The number of hydrogen-bond acceptors (Lipinski definition) is 10. The molecular formula is C25H27N5O5S2. The molecule has 0 bridgehead atoms. The molecule has 1 unspecified atom stereocenters. The molecule has 0 saturated carbocycles. The van der Waals surface area contributed by atoms with Crippen molar-refractivity contribution in [1.82, 2.24) is 10.3 Å². The molecule has 12 heteroatoms. The molecule has 2 saturated heterocycles. The molecular weight excluding hydrogens is 514 g/mol. The number of nitrogens with one attached hydrogen (secondary N) is 1. The number of hydrogen-bond donors (Lipinski definition) is 1. The molecule has 5 rings (SSSR count). The Morgan fingerprint density at radius 2 is 2.14 bits per heavy atom. The van der Waals surface area contributed by atoms with E-state index in [4.69, 9.17) is 9.47 Å². The van der Waals surface area contributed by atoms with E-state index in [0.29, 0.717) is 49.9 Å². The van der Waals surface area contributed by atoms with Crippen molar-refractivity contribution >= 4 is 62.5 Å². The van der Waals surface area contributed by atoms with E-state index in [0.717, 1.165) is 39.7 Å². The van der Waals surface area contributed by atoms with Crippen LogP contribution < -0.4 is 10.2 Å². The van der Waals surface area contributed by atoms with Gasteiger partial charge in [-0.2, -0.15) is 0 Å². The molecule has 1 aromatic heterocycles. The second kappa shape index (κ2) is 12.0. The number of carbonyl (C=O) groups is 1. The lowest BCUT2D eigenvalue weighted by Crippen LogP contribution is -2.36. The van der Waals surface area contributed by atoms with E-state index in [1.165, 1.54) is 23.1 Å². The first kappa shape index (κ1) is 25.6. The van der Waals surface area contributed by atoms with Gasteiger partial charge in [0.25, 0.3) is 5.69 Å². The molecule has 2 aliphatic rings. The molecule has 0 spiro atoms. The predicted octanol–water partition coefficient (Wildman–Crippen LogP) is 4.18. The summed E-state index contributed by atoms with van der Waals surface area (Å²) in [7, 11) is 0. The second-order valence-electron chi connectivity index (χ2n) is 8.72. The number of nitro groups is 1. The maximum absolute atomic E-state index is 12.2. The lowest BCUT2D eigenvalue weighted by molar-refractivity contribution is -0.384. The molecule has 1 N–H and O–H groups in total. The Morgan fingerprint density at radius 1 is 1.27 bits per heavy atom. The fourth-order valence-electron chi connectivity index (χ4n) is 4.23. The van der Waals surface area contributed by atoms with Gasteiger partial charge in [0.1, 0.15) is 5.69 Å². The minimum Gasteiger partial charge on any atom is -0.378 e. The van der Waals surface area contributed by atoms with E-state index < -0.39 is 0 Å². The van der Waals surface area contributed by atoms with Crippen molar-refractivity contribution in [3.63, 3.8) is 0 Å². The summed E-state index contributed by atoms with van der Waals surface area (Å²) in [6.07, 6.45) is 3.80. The van der Waals surface area contributed by atoms with Gasteiger partial charge >= 0.3 is 0 Å². The van der Waals surface area contributed by atoms with Crippen LogP contribution in [0, 0.1) is 10.1 Å². The van der Waals surface area contributed by atoms with Gasteiger partial charge in [0.05, 0.1) is 45.9 Å². The summed E-state index contributed by atoms with van der Waals surface area (Å²) < 4.78 is 12.7. The van der Waals surface area contributed by atoms with E-state index in [-0.39, 0.29) is 22.6 Å². The SMILES string of the molecule is O=C(CSc1nc2ccc(N=Cc3ccc(N4CCOCC4)c([N+](=O)[O-])c3)cc2s1)NCC1CCCO1. The van der Waals surface area contributed by atoms with Crippen LogP contribution in [-0.2, 0) is 14.3 Å². The van der Waals surface area contributed by atoms with Crippen molar-refractivity contribution < 1.29 is 19.2 Å². The highest BCUT2D eigenvalue weighted by Crippen LogP contribution is 2.33. The zero-order chi connectivity index (χ0) is 25.6. The molecule has 194 valence electrons. The van der Waals surface area contributed by atoms with Gasteiger partial charge < -0.3 is 19.7 Å². The number of ether oxygens (including phenoxy) is 2. The van der Waals surface area contributed by atoms with Crippen LogP contribution in [0.3, 0.4) is 0 Å². The van der Waals surface area contributed by atoms with Gasteiger partial charge in [0.2, 0.25) is 5.91 Å². The minimum absolute atomic E-state index is 0.0289. The van der Waals surface area contributed by atoms with E-state index in [1.54, 1.807) is 18.3 Å². The minimum atomic E-state index is -0.354. The third-order valence-electron chi connectivity index (χ3n) is 6.14.